The number of aromatic nitrogens is 3. The first-order valence-electron chi connectivity index (χ1n) is 10.4. The van der Waals surface area contributed by atoms with Crippen molar-refractivity contribution in [2.45, 2.75) is 40.5 Å². The molecule has 166 valence electrons. The van der Waals surface area contributed by atoms with Gasteiger partial charge in [-0.1, -0.05) is 26.8 Å². The van der Waals surface area contributed by atoms with Crippen LogP contribution in [-0.4, -0.2) is 58.3 Å². The van der Waals surface area contributed by atoms with Crippen LogP contribution < -0.4 is 5.56 Å². The van der Waals surface area contributed by atoms with Crippen LogP contribution in [0.2, 0.25) is 0 Å². The third-order valence-corrected chi connectivity index (χ3v) is 5.27. The third kappa shape index (κ3) is 5.95. The Labute approximate surface area is 185 Å². The predicted molar refractivity (Wildman–Crippen MR) is 121 cm³/mol. The van der Waals surface area contributed by atoms with E-state index in [4.69, 9.17) is 9.47 Å². The van der Waals surface area contributed by atoms with Gasteiger partial charge in [0.25, 0.3) is 5.56 Å². The summed E-state index contributed by atoms with van der Waals surface area (Å²) in [5, 5.41) is 0. The van der Waals surface area contributed by atoms with Gasteiger partial charge in [-0.05, 0) is 47.2 Å². The zero-order valence-corrected chi connectivity index (χ0v) is 19.7. The summed E-state index contributed by atoms with van der Waals surface area (Å²) in [6, 6.07) is 0. The van der Waals surface area contributed by atoms with E-state index >= 15 is 0 Å². The van der Waals surface area contributed by atoms with Crippen molar-refractivity contribution in [2.24, 2.45) is 5.92 Å². The fourth-order valence-corrected chi connectivity index (χ4v) is 3.82. The topological polar surface area (TPSA) is 88.9 Å². The molecular weight excluding hydrogens is 452 g/mol. The number of nitrogens with zero attached hydrogens (tertiary/aromatic N) is 3. The molecule has 0 spiro atoms. The van der Waals surface area contributed by atoms with Gasteiger partial charge in [0, 0.05) is 25.5 Å². The fraction of sp³-hybridized carbons (Fsp3) is 0.571. The first-order chi connectivity index (χ1) is 14.5. The Morgan fingerprint density at radius 2 is 2.20 bits per heavy atom. The van der Waals surface area contributed by atoms with Crippen LogP contribution in [-0.2, 0) is 9.47 Å². The molecule has 1 saturated heterocycles. The average molecular weight is 483 g/mol. The van der Waals surface area contributed by atoms with Crippen LogP contribution in [0.15, 0.2) is 27.9 Å². The zero-order chi connectivity index (χ0) is 22.1. The Hall–Kier alpha value is -2.13. The lowest BCUT2D eigenvalue weighted by Gasteiger charge is -2.14. The molecular formula is C21H31BrN4O4. The predicted octanol–water partition coefficient (Wildman–Crippen LogP) is 4.10. The van der Waals surface area contributed by atoms with Crippen molar-refractivity contribution in [3.8, 4) is 0 Å². The maximum Gasteiger partial charge on any atom is 0.409 e. The normalized spacial score (nSPS) is 18.1. The summed E-state index contributed by atoms with van der Waals surface area (Å²) in [4.78, 5) is 31.6. The molecule has 1 fully saturated rings. The smallest absolute Gasteiger partial charge is 0.409 e. The molecule has 2 aromatic rings. The van der Waals surface area contributed by atoms with E-state index in [0.717, 1.165) is 37.3 Å². The van der Waals surface area contributed by atoms with Gasteiger partial charge in [0.1, 0.15) is 15.9 Å². The number of carbonyl (C=O) groups is 1. The van der Waals surface area contributed by atoms with Gasteiger partial charge < -0.3 is 19.4 Å². The molecule has 4 rings (SSSR count). The number of likely N-dealkylation sites (tertiary alicyclic amines) is 1. The van der Waals surface area contributed by atoms with E-state index in [2.05, 4.69) is 32.8 Å². The lowest BCUT2D eigenvalue weighted by molar-refractivity contribution is 0.114. The highest BCUT2D eigenvalue weighted by molar-refractivity contribution is 9.10. The van der Waals surface area contributed by atoms with Crippen LogP contribution in [0.1, 0.15) is 46.4 Å². The van der Waals surface area contributed by atoms with E-state index in [9.17, 15) is 9.59 Å². The Balaban J connectivity index is 0.000000215. The minimum atomic E-state index is -0.156. The number of aromatic amines is 1. The molecule has 0 aliphatic carbocycles. The van der Waals surface area contributed by atoms with Crippen molar-refractivity contribution in [3.63, 3.8) is 0 Å². The van der Waals surface area contributed by atoms with Crippen LogP contribution in [0.4, 0.5) is 4.79 Å². The molecule has 2 aliphatic rings. The Morgan fingerprint density at radius 1 is 1.43 bits per heavy atom. The van der Waals surface area contributed by atoms with E-state index in [1.54, 1.807) is 21.7 Å². The summed E-state index contributed by atoms with van der Waals surface area (Å²) in [5.41, 5.74) is 1.50. The number of H-pyrrole nitrogens is 1. The molecule has 0 radical (unpaired) electrons. The summed E-state index contributed by atoms with van der Waals surface area (Å²) >= 11 is 3.32. The standard InChI is InChI=1S/C11H10BrN3O2.C8H15NO2.C2H6/c12-9-8-11(16)13-3-4-15(8)10(14-9)7-1-5-17-6-2-7;1-3-11-8(10)9-5-4-7(2)6-9;1-2/h1,3-4H,2,5-6H2,(H,13,16);7H,3-6H2,1-2H3;1-2H3. The van der Waals surface area contributed by atoms with Gasteiger partial charge in [-0.2, -0.15) is 0 Å². The molecule has 30 heavy (non-hydrogen) atoms. The Bertz CT molecular complexity index is 921. The van der Waals surface area contributed by atoms with Crippen molar-refractivity contribution >= 4 is 33.1 Å². The highest BCUT2D eigenvalue weighted by atomic mass is 79.9. The van der Waals surface area contributed by atoms with Gasteiger partial charge in [-0.15, -0.1) is 0 Å². The van der Waals surface area contributed by atoms with Gasteiger partial charge >= 0.3 is 6.09 Å². The van der Waals surface area contributed by atoms with Crippen molar-refractivity contribution in [1.29, 1.82) is 0 Å². The summed E-state index contributed by atoms with van der Waals surface area (Å²) in [5.74, 6) is 1.45. The summed E-state index contributed by atoms with van der Waals surface area (Å²) in [6.07, 6.45) is 7.20. The first-order valence-corrected chi connectivity index (χ1v) is 11.2. The fourth-order valence-electron chi connectivity index (χ4n) is 3.28. The number of ether oxygens (including phenoxy) is 2. The maximum atomic E-state index is 11.7. The highest BCUT2D eigenvalue weighted by Gasteiger charge is 2.23. The van der Waals surface area contributed by atoms with Gasteiger partial charge in [-0.25, -0.2) is 9.78 Å². The number of fused-ring (bicyclic) bond motifs is 1. The van der Waals surface area contributed by atoms with Crippen LogP contribution in [0.5, 0.6) is 0 Å². The molecule has 0 aromatic carbocycles. The number of imidazole rings is 1. The molecule has 1 unspecified atom stereocenters. The summed E-state index contributed by atoms with van der Waals surface area (Å²) in [6.45, 7) is 11.5. The molecule has 4 heterocycles. The third-order valence-electron chi connectivity index (χ3n) is 4.72. The van der Waals surface area contributed by atoms with Gasteiger partial charge in [0.2, 0.25) is 0 Å². The largest absolute Gasteiger partial charge is 0.450 e. The van der Waals surface area contributed by atoms with Crippen molar-refractivity contribution in [2.75, 3.05) is 32.9 Å². The Kier molecular flexibility index (Phi) is 9.58. The molecule has 1 N–H and O–H groups in total. The minimum Gasteiger partial charge on any atom is -0.450 e. The lowest BCUT2D eigenvalue weighted by Crippen LogP contribution is -2.28. The number of rotatable bonds is 2. The number of hydrogen-bond donors (Lipinski definition) is 1. The second kappa shape index (κ2) is 11.9. The van der Waals surface area contributed by atoms with Crippen molar-refractivity contribution in [1.82, 2.24) is 19.3 Å². The molecule has 0 bridgehead atoms. The van der Waals surface area contributed by atoms with Crippen LogP contribution >= 0.6 is 15.9 Å². The van der Waals surface area contributed by atoms with E-state index in [-0.39, 0.29) is 11.7 Å². The average Bonchev–Trinajstić information content (AvgIpc) is 3.35. The molecule has 2 aliphatic heterocycles. The second-order valence-electron chi connectivity index (χ2n) is 6.83. The molecule has 1 atom stereocenters. The number of halogens is 1. The number of nitrogens with one attached hydrogen (secondary N) is 1. The molecule has 0 saturated carbocycles. The number of carbonyl (C=O) groups excluding carboxylic acids is 1. The van der Waals surface area contributed by atoms with E-state index < -0.39 is 0 Å². The molecule has 2 aromatic heterocycles. The summed E-state index contributed by atoms with van der Waals surface area (Å²) in [7, 11) is 0. The molecule has 1 amide bonds. The Morgan fingerprint density at radius 3 is 2.80 bits per heavy atom. The van der Waals surface area contributed by atoms with Gasteiger partial charge in [-0.3, -0.25) is 9.20 Å². The monoisotopic (exact) mass is 482 g/mol. The second-order valence-corrected chi connectivity index (χ2v) is 7.58. The summed E-state index contributed by atoms with van der Waals surface area (Å²) < 4.78 is 12.5. The van der Waals surface area contributed by atoms with Crippen molar-refractivity contribution < 1.29 is 14.3 Å². The quantitative estimate of drug-likeness (QED) is 0.695. The number of hydrogen-bond acceptors (Lipinski definition) is 5. The molecule has 9 heteroatoms. The van der Waals surface area contributed by atoms with E-state index in [1.807, 2.05) is 26.8 Å². The van der Waals surface area contributed by atoms with E-state index in [1.165, 1.54) is 0 Å². The van der Waals surface area contributed by atoms with Crippen molar-refractivity contribution in [3.05, 3.63) is 39.3 Å². The van der Waals surface area contributed by atoms with Gasteiger partial charge in [0.15, 0.2) is 0 Å². The first kappa shape index (κ1) is 24.1. The van der Waals surface area contributed by atoms with Crippen LogP contribution in [0.3, 0.4) is 0 Å². The maximum absolute atomic E-state index is 11.7. The van der Waals surface area contributed by atoms with Crippen LogP contribution in [0, 0.1) is 5.92 Å². The minimum absolute atomic E-state index is 0.147. The number of amides is 1. The highest BCUT2D eigenvalue weighted by Crippen LogP contribution is 2.24. The SMILES string of the molecule is CC.CCOC(=O)N1CCC(C)C1.O=c1[nH]ccn2c(C3=CCOCC3)nc(Br)c12. The molecule has 8 nitrogen and oxygen atoms in total. The lowest BCUT2D eigenvalue weighted by atomic mass is 10.1. The van der Waals surface area contributed by atoms with Gasteiger partial charge in [0.05, 0.1) is 19.8 Å². The zero-order valence-electron chi connectivity index (χ0n) is 18.1. The van der Waals surface area contributed by atoms with Crippen LogP contribution in [0.25, 0.3) is 11.1 Å². The van der Waals surface area contributed by atoms with E-state index in [0.29, 0.717) is 35.9 Å².